The molecule has 23 heavy (non-hydrogen) atoms. The predicted molar refractivity (Wildman–Crippen MR) is 86.5 cm³/mol. The Balaban J connectivity index is 1.83. The standard InChI is InChI=1S/C17H24N2O4/c1-3-22-17(21)19-10-6-9-18(11-12-19)16(20)13-23-15-8-5-4-7-14(15)2/h4-5,7-8H,3,6,9-13H2,1-2H3. The van der Waals surface area contributed by atoms with Gasteiger partial charge in [0.25, 0.3) is 5.91 Å². The minimum absolute atomic E-state index is 0.0181. The summed E-state index contributed by atoms with van der Waals surface area (Å²) in [4.78, 5) is 27.5. The summed E-state index contributed by atoms with van der Waals surface area (Å²) in [5, 5.41) is 0. The Morgan fingerprint density at radius 3 is 2.52 bits per heavy atom. The molecule has 0 bridgehead atoms. The molecule has 0 unspecified atom stereocenters. The van der Waals surface area contributed by atoms with Crippen molar-refractivity contribution in [3.63, 3.8) is 0 Å². The summed E-state index contributed by atoms with van der Waals surface area (Å²) in [7, 11) is 0. The highest BCUT2D eigenvalue weighted by atomic mass is 16.6. The van der Waals surface area contributed by atoms with Crippen molar-refractivity contribution < 1.29 is 19.1 Å². The number of hydrogen-bond acceptors (Lipinski definition) is 4. The van der Waals surface area contributed by atoms with E-state index in [0.717, 1.165) is 17.7 Å². The van der Waals surface area contributed by atoms with Crippen molar-refractivity contribution in [2.75, 3.05) is 39.4 Å². The number of aryl methyl sites for hydroxylation is 1. The van der Waals surface area contributed by atoms with Crippen LogP contribution in [0, 0.1) is 6.92 Å². The van der Waals surface area contributed by atoms with Gasteiger partial charge >= 0.3 is 6.09 Å². The van der Waals surface area contributed by atoms with Gasteiger partial charge in [-0.15, -0.1) is 0 Å². The van der Waals surface area contributed by atoms with Crippen molar-refractivity contribution >= 4 is 12.0 Å². The van der Waals surface area contributed by atoms with E-state index in [9.17, 15) is 9.59 Å². The third kappa shape index (κ3) is 4.87. The first-order chi connectivity index (χ1) is 11.1. The predicted octanol–water partition coefficient (Wildman–Crippen LogP) is 2.06. The normalized spacial score (nSPS) is 15.0. The largest absolute Gasteiger partial charge is 0.484 e. The Kier molecular flexibility index (Phi) is 6.26. The Morgan fingerprint density at radius 2 is 1.78 bits per heavy atom. The minimum Gasteiger partial charge on any atom is -0.484 e. The van der Waals surface area contributed by atoms with Crippen LogP contribution < -0.4 is 4.74 Å². The van der Waals surface area contributed by atoms with Crippen LogP contribution in [0.5, 0.6) is 5.75 Å². The first-order valence-corrected chi connectivity index (χ1v) is 7.99. The van der Waals surface area contributed by atoms with Crippen LogP contribution in [-0.2, 0) is 9.53 Å². The van der Waals surface area contributed by atoms with E-state index in [0.29, 0.717) is 32.8 Å². The molecule has 0 radical (unpaired) electrons. The second-order valence-corrected chi connectivity index (χ2v) is 5.47. The number of hydrogen-bond donors (Lipinski definition) is 0. The van der Waals surface area contributed by atoms with Gasteiger partial charge in [0.05, 0.1) is 6.61 Å². The average molecular weight is 320 g/mol. The molecule has 2 amide bonds. The maximum absolute atomic E-state index is 12.3. The number of carbonyl (C=O) groups is 2. The van der Waals surface area contributed by atoms with E-state index in [-0.39, 0.29) is 18.6 Å². The van der Waals surface area contributed by atoms with Gasteiger partial charge in [-0.3, -0.25) is 4.79 Å². The zero-order chi connectivity index (χ0) is 16.7. The van der Waals surface area contributed by atoms with E-state index < -0.39 is 0 Å². The minimum atomic E-state index is -0.307. The smallest absolute Gasteiger partial charge is 0.409 e. The molecule has 1 aromatic rings. The molecule has 1 aliphatic heterocycles. The van der Waals surface area contributed by atoms with E-state index in [4.69, 9.17) is 9.47 Å². The fourth-order valence-corrected chi connectivity index (χ4v) is 2.51. The fourth-order valence-electron chi connectivity index (χ4n) is 2.51. The highest BCUT2D eigenvalue weighted by molar-refractivity contribution is 5.78. The number of carbonyl (C=O) groups excluding carboxylic acids is 2. The molecule has 1 aliphatic rings. The molecule has 126 valence electrons. The van der Waals surface area contributed by atoms with Gasteiger partial charge in [0.1, 0.15) is 5.75 Å². The Morgan fingerprint density at radius 1 is 1.09 bits per heavy atom. The monoisotopic (exact) mass is 320 g/mol. The Bertz CT molecular complexity index is 547. The number of ether oxygens (including phenoxy) is 2. The van der Waals surface area contributed by atoms with Crippen LogP contribution in [0.25, 0.3) is 0 Å². The average Bonchev–Trinajstić information content (AvgIpc) is 2.80. The SMILES string of the molecule is CCOC(=O)N1CCCN(C(=O)COc2ccccc2C)CC1. The van der Waals surface area contributed by atoms with Crippen LogP contribution in [-0.4, -0.2) is 61.2 Å². The lowest BCUT2D eigenvalue weighted by atomic mass is 10.2. The fraction of sp³-hybridized carbons (Fsp3) is 0.529. The quantitative estimate of drug-likeness (QED) is 0.852. The van der Waals surface area contributed by atoms with Gasteiger partial charge in [0.15, 0.2) is 6.61 Å². The Labute approximate surface area is 137 Å². The van der Waals surface area contributed by atoms with E-state index in [2.05, 4.69) is 0 Å². The van der Waals surface area contributed by atoms with Gasteiger partial charge in [-0.1, -0.05) is 18.2 Å². The zero-order valence-electron chi connectivity index (χ0n) is 13.8. The van der Waals surface area contributed by atoms with Crippen molar-refractivity contribution in [3.05, 3.63) is 29.8 Å². The second-order valence-electron chi connectivity index (χ2n) is 5.47. The van der Waals surface area contributed by atoms with Crippen LogP contribution in [0.2, 0.25) is 0 Å². The molecule has 0 aromatic heterocycles. The molecule has 1 heterocycles. The Hall–Kier alpha value is -2.24. The first-order valence-electron chi connectivity index (χ1n) is 7.99. The van der Waals surface area contributed by atoms with Crippen LogP contribution in [0.3, 0.4) is 0 Å². The van der Waals surface area contributed by atoms with Crippen molar-refractivity contribution in [2.45, 2.75) is 20.3 Å². The van der Waals surface area contributed by atoms with Crippen LogP contribution in [0.4, 0.5) is 4.79 Å². The maximum Gasteiger partial charge on any atom is 0.409 e. The van der Waals surface area contributed by atoms with Crippen molar-refractivity contribution in [1.82, 2.24) is 9.80 Å². The lowest BCUT2D eigenvalue weighted by Gasteiger charge is -2.22. The summed E-state index contributed by atoms with van der Waals surface area (Å²) >= 11 is 0. The van der Waals surface area contributed by atoms with Gasteiger partial charge in [-0.2, -0.15) is 0 Å². The summed E-state index contributed by atoms with van der Waals surface area (Å²) in [5.41, 5.74) is 1.00. The molecule has 1 fully saturated rings. The van der Waals surface area contributed by atoms with Crippen LogP contribution in [0.1, 0.15) is 18.9 Å². The maximum atomic E-state index is 12.3. The molecule has 0 N–H and O–H groups in total. The lowest BCUT2D eigenvalue weighted by molar-refractivity contribution is -0.133. The molecule has 1 saturated heterocycles. The van der Waals surface area contributed by atoms with Crippen molar-refractivity contribution in [3.8, 4) is 5.75 Å². The highest BCUT2D eigenvalue weighted by Crippen LogP contribution is 2.16. The van der Waals surface area contributed by atoms with Gasteiger partial charge in [0.2, 0.25) is 0 Å². The van der Waals surface area contributed by atoms with Crippen molar-refractivity contribution in [2.24, 2.45) is 0 Å². The third-order valence-electron chi connectivity index (χ3n) is 3.82. The molecule has 0 spiro atoms. The summed E-state index contributed by atoms with van der Waals surface area (Å²) in [6.45, 7) is 6.36. The summed E-state index contributed by atoms with van der Waals surface area (Å²) in [6, 6.07) is 7.62. The summed E-state index contributed by atoms with van der Waals surface area (Å²) in [5.74, 6) is 0.669. The number of amides is 2. The first kappa shape index (κ1) is 17.1. The molecule has 0 saturated carbocycles. The number of nitrogens with zero attached hydrogens (tertiary/aromatic N) is 2. The molecule has 0 aliphatic carbocycles. The van der Waals surface area contributed by atoms with E-state index in [1.807, 2.05) is 31.2 Å². The number of benzene rings is 1. The van der Waals surface area contributed by atoms with Gasteiger partial charge in [0, 0.05) is 26.2 Å². The van der Waals surface area contributed by atoms with E-state index >= 15 is 0 Å². The molecular weight excluding hydrogens is 296 g/mol. The van der Waals surface area contributed by atoms with E-state index in [1.165, 1.54) is 0 Å². The number of para-hydroxylation sites is 1. The molecule has 1 aromatic carbocycles. The lowest BCUT2D eigenvalue weighted by Crippen LogP contribution is -2.39. The van der Waals surface area contributed by atoms with Gasteiger partial charge < -0.3 is 19.3 Å². The molecule has 6 nitrogen and oxygen atoms in total. The summed E-state index contributed by atoms with van der Waals surface area (Å²) < 4.78 is 10.6. The third-order valence-corrected chi connectivity index (χ3v) is 3.82. The zero-order valence-corrected chi connectivity index (χ0v) is 13.8. The summed E-state index contributed by atoms with van der Waals surface area (Å²) in [6.07, 6.45) is 0.438. The highest BCUT2D eigenvalue weighted by Gasteiger charge is 2.22. The molecule has 6 heteroatoms. The van der Waals surface area contributed by atoms with E-state index in [1.54, 1.807) is 16.7 Å². The second kappa shape index (κ2) is 8.41. The number of rotatable bonds is 4. The van der Waals surface area contributed by atoms with Gasteiger partial charge in [-0.05, 0) is 31.9 Å². The van der Waals surface area contributed by atoms with Crippen LogP contribution in [0.15, 0.2) is 24.3 Å². The molecular formula is C17H24N2O4. The molecule has 0 atom stereocenters. The van der Waals surface area contributed by atoms with Crippen molar-refractivity contribution in [1.29, 1.82) is 0 Å². The topological polar surface area (TPSA) is 59.1 Å². The van der Waals surface area contributed by atoms with Crippen LogP contribution >= 0.6 is 0 Å². The van der Waals surface area contributed by atoms with Gasteiger partial charge in [-0.25, -0.2) is 4.79 Å². The molecule has 2 rings (SSSR count).